The van der Waals surface area contributed by atoms with Gasteiger partial charge in [0.15, 0.2) is 0 Å². The van der Waals surface area contributed by atoms with Gasteiger partial charge in [-0.1, -0.05) is 65.2 Å². The van der Waals surface area contributed by atoms with Crippen molar-refractivity contribution in [2.24, 2.45) is 0 Å². The molecular formula is C17H28. The van der Waals surface area contributed by atoms with Crippen molar-refractivity contribution in [1.29, 1.82) is 0 Å². The van der Waals surface area contributed by atoms with Crippen LogP contribution in [0.15, 0.2) is 18.2 Å². The summed E-state index contributed by atoms with van der Waals surface area (Å²) >= 11 is 0. The predicted octanol–water partition coefficient (Wildman–Crippen LogP) is 5.42. The molecule has 0 nitrogen and oxygen atoms in total. The Morgan fingerprint density at radius 3 is 2.24 bits per heavy atom. The Balaban J connectivity index is 2.63. The van der Waals surface area contributed by atoms with E-state index in [1.54, 1.807) is 0 Å². The molecule has 17 heavy (non-hydrogen) atoms. The number of hydrogen-bond acceptors (Lipinski definition) is 0. The molecule has 0 saturated carbocycles. The van der Waals surface area contributed by atoms with Crippen LogP contribution in [0.2, 0.25) is 0 Å². The van der Waals surface area contributed by atoms with Crippen molar-refractivity contribution in [2.75, 3.05) is 0 Å². The quantitative estimate of drug-likeness (QED) is 0.595. The molecular weight excluding hydrogens is 204 g/mol. The maximum Gasteiger partial charge on any atom is -0.0129 e. The lowest BCUT2D eigenvalue weighted by Crippen LogP contribution is -2.13. The van der Waals surface area contributed by atoms with Gasteiger partial charge >= 0.3 is 0 Å². The molecule has 0 unspecified atom stereocenters. The van der Waals surface area contributed by atoms with Crippen molar-refractivity contribution in [2.45, 2.75) is 72.1 Å². The molecule has 0 N–H and O–H groups in total. The number of hydrogen-bond donors (Lipinski definition) is 0. The lowest BCUT2D eigenvalue weighted by molar-refractivity contribution is 0.585. The first-order valence-electron chi connectivity index (χ1n) is 7.05. The minimum absolute atomic E-state index is 0.269. The van der Waals surface area contributed by atoms with Crippen molar-refractivity contribution in [1.82, 2.24) is 0 Å². The summed E-state index contributed by atoms with van der Waals surface area (Å²) in [6.07, 6.45) is 6.64. The van der Waals surface area contributed by atoms with Crippen molar-refractivity contribution in [3.05, 3.63) is 34.9 Å². The average molecular weight is 232 g/mol. The molecule has 0 aromatic heterocycles. The highest BCUT2D eigenvalue weighted by Gasteiger charge is 2.15. The fourth-order valence-electron chi connectivity index (χ4n) is 2.48. The lowest BCUT2D eigenvalue weighted by Gasteiger charge is -2.22. The van der Waals surface area contributed by atoms with Crippen molar-refractivity contribution in [3.8, 4) is 0 Å². The van der Waals surface area contributed by atoms with E-state index in [-0.39, 0.29) is 5.41 Å². The summed E-state index contributed by atoms with van der Waals surface area (Å²) in [7, 11) is 0. The Morgan fingerprint density at radius 1 is 1.00 bits per heavy atom. The van der Waals surface area contributed by atoms with E-state index in [9.17, 15) is 0 Å². The largest absolute Gasteiger partial charge is 0.0654 e. The van der Waals surface area contributed by atoms with E-state index in [2.05, 4.69) is 52.8 Å². The highest BCUT2D eigenvalue weighted by atomic mass is 14.2. The van der Waals surface area contributed by atoms with Crippen molar-refractivity contribution in [3.63, 3.8) is 0 Å². The van der Waals surface area contributed by atoms with E-state index in [1.807, 2.05) is 0 Å². The summed E-state index contributed by atoms with van der Waals surface area (Å²) in [4.78, 5) is 0. The van der Waals surface area contributed by atoms with E-state index >= 15 is 0 Å². The normalized spacial score (nSPS) is 11.8. The van der Waals surface area contributed by atoms with Crippen LogP contribution in [-0.2, 0) is 11.8 Å². The van der Waals surface area contributed by atoms with E-state index in [4.69, 9.17) is 0 Å². The van der Waals surface area contributed by atoms with Crippen LogP contribution in [0.5, 0.6) is 0 Å². The maximum absolute atomic E-state index is 2.38. The SMILES string of the molecule is CCCCCCc1ccc(C(C)(C)C)c(C)c1. The standard InChI is InChI=1S/C17H28/c1-6-7-8-9-10-15-11-12-16(14(2)13-15)17(3,4)5/h11-13H,6-10H2,1-5H3. The molecule has 0 fully saturated rings. The molecule has 0 radical (unpaired) electrons. The summed E-state index contributed by atoms with van der Waals surface area (Å²) in [5.41, 5.74) is 4.71. The number of unbranched alkanes of at least 4 members (excludes halogenated alkanes) is 3. The van der Waals surface area contributed by atoms with Gasteiger partial charge in [0.1, 0.15) is 0 Å². The highest BCUT2D eigenvalue weighted by molar-refractivity contribution is 5.35. The Labute approximate surface area is 107 Å². The summed E-state index contributed by atoms with van der Waals surface area (Å²) in [5, 5.41) is 0. The van der Waals surface area contributed by atoms with Crippen LogP contribution in [0.3, 0.4) is 0 Å². The van der Waals surface area contributed by atoms with E-state index < -0.39 is 0 Å². The molecule has 0 spiro atoms. The first kappa shape index (κ1) is 14.3. The van der Waals surface area contributed by atoms with Gasteiger partial charge in [0.05, 0.1) is 0 Å². The van der Waals surface area contributed by atoms with E-state index in [1.165, 1.54) is 48.8 Å². The summed E-state index contributed by atoms with van der Waals surface area (Å²) in [5.74, 6) is 0. The second kappa shape index (κ2) is 6.23. The fourth-order valence-corrected chi connectivity index (χ4v) is 2.48. The van der Waals surface area contributed by atoms with Crippen LogP contribution >= 0.6 is 0 Å². The lowest BCUT2D eigenvalue weighted by atomic mass is 9.83. The Morgan fingerprint density at radius 2 is 1.71 bits per heavy atom. The van der Waals surface area contributed by atoms with Crippen LogP contribution in [0.4, 0.5) is 0 Å². The second-order valence-electron chi connectivity index (χ2n) is 6.21. The van der Waals surface area contributed by atoms with Gasteiger partial charge in [-0.3, -0.25) is 0 Å². The minimum atomic E-state index is 0.269. The summed E-state index contributed by atoms with van der Waals surface area (Å²) in [6.45, 7) is 11.4. The van der Waals surface area contributed by atoms with Crippen LogP contribution < -0.4 is 0 Å². The van der Waals surface area contributed by atoms with Crippen LogP contribution in [-0.4, -0.2) is 0 Å². The summed E-state index contributed by atoms with van der Waals surface area (Å²) in [6, 6.07) is 7.02. The predicted molar refractivity (Wildman–Crippen MR) is 77.7 cm³/mol. The van der Waals surface area contributed by atoms with E-state index in [0.717, 1.165) is 0 Å². The van der Waals surface area contributed by atoms with Gasteiger partial charge in [0.25, 0.3) is 0 Å². The Hall–Kier alpha value is -0.780. The molecule has 0 heterocycles. The van der Waals surface area contributed by atoms with Gasteiger partial charge in [-0.2, -0.15) is 0 Å². The number of rotatable bonds is 5. The Kier molecular flexibility index (Phi) is 5.24. The second-order valence-corrected chi connectivity index (χ2v) is 6.21. The zero-order valence-corrected chi connectivity index (χ0v) is 12.3. The zero-order chi connectivity index (χ0) is 12.9. The van der Waals surface area contributed by atoms with Gasteiger partial charge in [0, 0.05) is 0 Å². The number of benzene rings is 1. The van der Waals surface area contributed by atoms with Crippen molar-refractivity contribution < 1.29 is 0 Å². The fraction of sp³-hybridized carbons (Fsp3) is 0.647. The van der Waals surface area contributed by atoms with Gasteiger partial charge in [0.2, 0.25) is 0 Å². The minimum Gasteiger partial charge on any atom is -0.0654 e. The topological polar surface area (TPSA) is 0 Å². The average Bonchev–Trinajstić information content (AvgIpc) is 2.23. The molecule has 0 atom stereocenters. The van der Waals surface area contributed by atoms with Crippen molar-refractivity contribution >= 4 is 0 Å². The number of aryl methyl sites for hydroxylation is 2. The molecule has 0 amide bonds. The van der Waals surface area contributed by atoms with Gasteiger partial charge in [-0.05, 0) is 41.9 Å². The monoisotopic (exact) mass is 232 g/mol. The van der Waals surface area contributed by atoms with Gasteiger partial charge in [-0.25, -0.2) is 0 Å². The van der Waals surface area contributed by atoms with E-state index in [0.29, 0.717) is 0 Å². The summed E-state index contributed by atoms with van der Waals surface area (Å²) < 4.78 is 0. The first-order valence-corrected chi connectivity index (χ1v) is 7.05. The molecule has 0 aliphatic carbocycles. The van der Waals surface area contributed by atoms with Crippen LogP contribution in [0, 0.1) is 6.92 Å². The molecule has 1 aromatic carbocycles. The molecule has 1 rings (SSSR count). The van der Waals surface area contributed by atoms with Crippen LogP contribution in [0.1, 0.15) is 70.1 Å². The van der Waals surface area contributed by atoms with Gasteiger partial charge < -0.3 is 0 Å². The first-order chi connectivity index (χ1) is 7.95. The molecule has 1 aromatic rings. The molecule has 0 bridgehead atoms. The van der Waals surface area contributed by atoms with Gasteiger partial charge in [-0.15, -0.1) is 0 Å². The highest BCUT2D eigenvalue weighted by Crippen LogP contribution is 2.26. The molecule has 0 aliphatic heterocycles. The molecule has 0 heteroatoms. The molecule has 0 saturated heterocycles. The molecule has 0 aliphatic rings. The molecule has 96 valence electrons. The van der Waals surface area contributed by atoms with Crippen LogP contribution in [0.25, 0.3) is 0 Å². The zero-order valence-electron chi connectivity index (χ0n) is 12.3. The smallest absolute Gasteiger partial charge is 0.0129 e. The third-order valence-corrected chi connectivity index (χ3v) is 3.42. The third kappa shape index (κ3) is 4.53. The third-order valence-electron chi connectivity index (χ3n) is 3.42. The Bertz CT molecular complexity index is 342. The maximum atomic E-state index is 2.38.